The highest BCUT2D eigenvalue weighted by molar-refractivity contribution is 7.92. The van der Waals surface area contributed by atoms with Gasteiger partial charge in [0.25, 0.3) is 10.0 Å². The standard InChI is InChI=1S/C30H33Cl2N3O6S/c1-3-4-14-33-30(37)21(2)34(19-22-10-11-23(31)17-26(22)32)29(36)20-35(42(38,39)25-8-6-5-7-9-25)24-12-13-27-28(18-24)41-16-15-40-27/h5-13,17-18,21H,3-4,14-16,19-20H2,1-2H3,(H,33,37)/t21-/m0/s1. The fourth-order valence-electron chi connectivity index (χ4n) is 4.39. The van der Waals surface area contributed by atoms with Crippen molar-refractivity contribution in [2.24, 2.45) is 0 Å². The molecule has 0 saturated heterocycles. The first-order valence-corrected chi connectivity index (χ1v) is 15.8. The average molecular weight is 635 g/mol. The number of amides is 2. The van der Waals surface area contributed by atoms with E-state index in [4.69, 9.17) is 32.7 Å². The van der Waals surface area contributed by atoms with E-state index in [-0.39, 0.29) is 23.0 Å². The van der Waals surface area contributed by atoms with E-state index in [0.29, 0.717) is 46.9 Å². The van der Waals surface area contributed by atoms with Gasteiger partial charge in [-0.1, -0.05) is 60.8 Å². The maximum atomic E-state index is 14.1. The van der Waals surface area contributed by atoms with Gasteiger partial charge in [0.1, 0.15) is 25.8 Å². The Kier molecular flexibility index (Phi) is 10.6. The molecule has 1 aliphatic heterocycles. The first-order chi connectivity index (χ1) is 20.1. The van der Waals surface area contributed by atoms with E-state index in [2.05, 4.69) is 5.32 Å². The topological polar surface area (TPSA) is 105 Å². The van der Waals surface area contributed by atoms with Crippen molar-refractivity contribution in [3.8, 4) is 11.5 Å². The molecule has 1 N–H and O–H groups in total. The zero-order valence-corrected chi connectivity index (χ0v) is 25.7. The summed E-state index contributed by atoms with van der Waals surface area (Å²) in [5.74, 6) is -0.120. The van der Waals surface area contributed by atoms with Crippen molar-refractivity contribution in [1.82, 2.24) is 10.2 Å². The molecule has 12 heteroatoms. The number of rotatable bonds is 12. The van der Waals surface area contributed by atoms with Crippen molar-refractivity contribution < 1.29 is 27.5 Å². The van der Waals surface area contributed by atoms with Crippen LogP contribution < -0.4 is 19.1 Å². The van der Waals surface area contributed by atoms with Crippen LogP contribution in [0.2, 0.25) is 10.0 Å². The number of carbonyl (C=O) groups is 2. The molecule has 2 amide bonds. The molecule has 0 aliphatic carbocycles. The molecule has 224 valence electrons. The molecule has 0 saturated carbocycles. The zero-order chi connectivity index (χ0) is 30.3. The third kappa shape index (κ3) is 7.48. The SMILES string of the molecule is CCCCNC(=O)[C@H](C)N(Cc1ccc(Cl)cc1Cl)C(=O)CN(c1ccc2c(c1)OCCO2)S(=O)(=O)c1ccccc1. The largest absolute Gasteiger partial charge is 0.486 e. The fourth-order valence-corrected chi connectivity index (χ4v) is 6.28. The maximum absolute atomic E-state index is 14.1. The van der Waals surface area contributed by atoms with Crippen LogP contribution in [0.25, 0.3) is 0 Å². The molecule has 4 rings (SSSR count). The number of carbonyl (C=O) groups excluding carboxylic acids is 2. The second-order valence-corrected chi connectivity index (χ2v) is 12.4. The van der Waals surface area contributed by atoms with Crippen LogP contribution in [0.1, 0.15) is 32.3 Å². The van der Waals surface area contributed by atoms with Crippen LogP contribution in [0.15, 0.2) is 71.6 Å². The molecule has 1 heterocycles. The van der Waals surface area contributed by atoms with Gasteiger partial charge in [0.15, 0.2) is 11.5 Å². The van der Waals surface area contributed by atoms with Gasteiger partial charge in [-0.05, 0) is 55.3 Å². The number of halogens is 2. The number of nitrogens with one attached hydrogen (secondary N) is 1. The van der Waals surface area contributed by atoms with Crippen molar-refractivity contribution >= 4 is 50.7 Å². The summed E-state index contributed by atoms with van der Waals surface area (Å²) in [5.41, 5.74) is 0.764. The average Bonchev–Trinajstić information content (AvgIpc) is 2.99. The summed E-state index contributed by atoms with van der Waals surface area (Å²) in [4.78, 5) is 28.5. The van der Waals surface area contributed by atoms with Crippen LogP contribution >= 0.6 is 23.2 Å². The Morgan fingerprint density at radius 3 is 2.38 bits per heavy atom. The van der Waals surface area contributed by atoms with E-state index < -0.39 is 28.5 Å². The molecule has 0 bridgehead atoms. The number of unbranched alkanes of at least 4 members (excludes halogenated alkanes) is 1. The van der Waals surface area contributed by atoms with Crippen LogP contribution in [0.5, 0.6) is 11.5 Å². The van der Waals surface area contributed by atoms with Gasteiger partial charge in [-0.2, -0.15) is 0 Å². The van der Waals surface area contributed by atoms with Gasteiger partial charge < -0.3 is 19.7 Å². The predicted octanol–water partition coefficient (Wildman–Crippen LogP) is 5.29. The second-order valence-electron chi connectivity index (χ2n) is 9.73. The number of anilines is 1. The van der Waals surface area contributed by atoms with Crippen molar-refractivity contribution in [1.29, 1.82) is 0 Å². The number of sulfonamides is 1. The molecular formula is C30H33Cl2N3O6S. The van der Waals surface area contributed by atoms with Crippen LogP contribution in [-0.2, 0) is 26.2 Å². The Morgan fingerprint density at radius 1 is 0.976 bits per heavy atom. The summed E-state index contributed by atoms with van der Waals surface area (Å²) >= 11 is 12.5. The third-order valence-electron chi connectivity index (χ3n) is 6.78. The van der Waals surface area contributed by atoms with Crippen molar-refractivity contribution in [2.45, 2.75) is 44.2 Å². The highest BCUT2D eigenvalue weighted by Gasteiger charge is 2.33. The highest BCUT2D eigenvalue weighted by Crippen LogP contribution is 2.36. The molecule has 3 aromatic rings. The number of benzene rings is 3. The van der Waals surface area contributed by atoms with E-state index in [1.54, 1.807) is 55.5 Å². The highest BCUT2D eigenvalue weighted by atomic mass is 35.5. The normalized spacial score (nSPS) is 13.2. The van der Waals surface area contributed by atoms with Crippen LogP contribution in [0.4, 0.5) is 5.69 Å². The maximum Gasteiger partial charge on any atom is 0.264 e. The predicted molar refractivity (Wildman–Crippen MR) is 163 cm³/mol. The van der Waals surface area contributed by atoms with Gasteiger partial charge in [0.2, 0.25) is 11.8 Å². The van der Waals surface area contributed by atoms with Gasteiger partial charge >= 0.3 is 0 Å². The molecule has 1 atom stereocenters. The van der Waals surface area contributed by atoms with Crippen molar-refractivity contribution in [3.63, 3.8) is 0 Å². The fraction of sp³-hybridized carbons (Fsp3) is 0.333. The van der Waals surface area contributed by atoms with Gasteiger partial charge in [-0.25, -0.2) is 8.42 Å². The number of nitrogens with zero attached hydrogens (tertiary/aromatic N) is 2. The summed E-state index contributed by atoms with van der Waals surface area (Å²) in [6.07, 6.45) is 1.67. The molecule has 0 fully saturated rings. The lowest BCUT2D eigenvalue weighted by atomic mass is 10.1. The monoisotopic (exact) mass is 633 g/mol. The first kappa shape index (κ1) is 31.5. The van der Waals surface area contributed by atoms with Crippen molar-refractivity contribution in [3.05, 3.63) is 82.3 Å². The number of hydrogen-bond donors (Lipinski definition) is 1. The van der Waals surface area contributed by atoms with Crippen LogP contribution in [-0.4, -0.2) is 57.5 Å². The Hall–Kier alpha value is -3.47. The Bertz CT molecular complexity index is 1520. The Balaban J connectivity index is 1.72. The number of hydrogen-bond acceptors (Lipinski definition) is 6. The molecule has 0 unspecified atom stereocenters. The molecule has 9 nitrogen and oxygen atoms in total. The minimum atomic E-state index is -4.21. The quantitative estimate of drug-likeness (QED) is 0.272. The van der Waals surface area contributed by atoms with E-state index in [9.17, 15) is 18.0 Å². The third-order valence-corrected chi connectivity index (χ3v) is 9.15. The molecule has 0 radical (unpaired) electrons. The number of ether oxygens (including phenoxy) is 2. The summed E-state index contributed by atoms with van der Waals surface area (Å²) in [5, 5.41) is 3.60. The molecule has 0 spiro atoms. The lowest BCUT2D eigenvalue weighted by molar-refractivity contribution is -0.139. The second kappa shape index (κ2) is 14.1. The lowest BCUT2D eigenvalue weighted by Gasteiger charge is -2.32. The van der Waals surface area contributed by atoms with Crippen LogP contribution in [0.3, 0.4) is 0 Å². The molecular weight excluding hydrogens is 601 g/mol. The molecule has 0 aromatic heterocycles. The molecule has 3 aromatic carbocycles. The Morgan fingerprint density at radius 2 is 1.69 bits per heavy atom. The molecule has 42 heavy (non-hydrogen) atoms. The zero-order valence-electron chi connectivity index (χ0n) is 23.4. The van der Waals surface area contributed by atoms with Crippen LogP contribution in [0, 0.1) is 0 Å². The van der Waals surface area contributed by atoms with E-state index in [1.807, 2.05) is 6.92 Å². The lowest BCUT2D eigenvalue weighted by Crippen LogP contribution is -2.51. The molecule has 1 aliphatic rings. The van der Waals surface area contributed by atoms with Gasteiger partial charge in [0.05, 0.1) is 10.6 Å². The first-order valence-electron chi connectivity index (χ1n) is 13.6. The summed E-state index contributed by atoms with van der Waals surface area (Å²) in [6, 6.07) is 16.5. The van der Waals surface area contributed by atoms with Gasteiger partial charge in [-0.15, -0.1) is 0 Å². The van der Waals surface area contributed by atoms with Crippen molar-refractivity contribution in [2.75, 3.05) is 30.6 Å². The minimum Gasteiger partial charge on any atom is -0.486 e. The summed E-state index contributed by atoms with van der Waals surface area (Å²) < 4.78 is 40.2. The number of fused-ring (bicyclic) bond motifs is 1. The van der Waals surface area contributed by atoms with E-state index in [0.717, 1.165) is 17.1 Å². The van der Waals surface area contributed by atoms with Gasteiger partial charge in [0, 0.05) is 29.2 Å². The minimum absolute atomic E-state index is 0.00495. The summed E-state index contributed by atoms with van der Waals surface area (Å²) in [7, 11) is -4.21. The Labute approximate surface area is 256 Å². The van der Waals surface area contributed by atoms with E-state index >= 15 is 0 Å². The summed E-state index contributed by atoms with van der Waals surface area (Å²) in [6.45, 7) is 4.11. The smallest absolute Gasteiger partial charge is 0.264 e. The van der Waals surface area contributed by atoms with Gasteiger partial charge in [-0.3, -0.25) is 13.9 Å². The van der Waals surface area contributed by atoms with E-state index in [1.165, 1.54) is 23.1 Å².